The maximum Gasteiger partial charge on any atom is 0.348 e. The van der Waals surface area contributed by atoms with E-state index >= 15 is 0 Å². The number of rotatable bonds is 10. The number of anilines is 1. The number of thiophene rings is 1. The van der Waals surface area contributed by atoms with Gasteiger partial charge in [0.15, 0.2) is 0 Å². The van der Waals surface area contributed by atoms with Gasteiger partial charge in [-0.25, -0.2) is 19.4 Å². The number of nitriles is 1. The quantitative estimate of drug-likeness (QED) is 0.117. The monoisotopic (exact) mass is 565 g/mol. The first-order valence-electron chi connectivity index (χ1n) is 11.7. The number of carbonyl (C=O) groups excluding carboxylic acids is 2. The molecule has 1 N–H and O–H groups in total. The number of hydrogen-bond acceptors (Lipinski definition) is 12. The van der Waals surface area contributed by atoms with Crippen molar-refractivity contribution in [2.45, 2.75) is 13.8 Å². The van der Waals surface area contributed by atoms with Gasteiger partial charge in [0.1, 0.15) is 38.7 Å². The SMILES string of the molecule is CCOC(=O)c1c(N/C=C(/C#N)c2nc(-c3cc4ccccc4oc3=O)cs2)sc(C(=O)OCCOC)c1C. The van der Waals surface area contributed by atoms with E-state index in [4.69, 9.17) is 18.6 Å². The standard InChI is InChI=1S/C27H23N3O7S2/c1-4-35-26(32)21-15(2)22(27(33)36-10-9-34-3)39-24(21)29-13-17(12-28)23-30-19(14-38-23)18-11-16-7-5-6-8-20(16)37-25(18)31/h5-8,11,13-14,29H,4,9-10H2,1-3H3/b17-13-. The van der Waals surface area contributed by atoms with Gasteiger partial charge < -0.3 is 23.9 Å². The molecule has 3 aromatic heterocycles. The molecule has 0 saturated carbocycles. The predicted octanol–water partition coefficient (Wildman–Crippen LogP) is 5.24. The number of nitrogens with one attached hydrogen (secondary N) is 1. The van der Waals surface area contributed by atoms with Crippen LogP contribution in [0.4, 0.5) is 5.00 Å². The minimum atomic E-state index is -0.615. The Morgan fingerprint density at radius 1 is 1.21 bits per heavy atom. The Balaban J connectivity index is 1.64. The number of benzene rings is 1. The van der Waals surface area contributed by atoms with Gasteiger partial charge in [-0.05, 0) is 31.5 Å². The zero-order valence-electron chi connectivity index (χ0n) is 21.2. The lowest BCUT2D eigenvalue weighted by molar-refractivity contribution is 0.0393. The van der Waals surface area contributed by atoms with Gasteiger partial charge in [-0.3, -0.25) is 0 Å². The van der Waals surface area contributed by atoms with Gasteiger partial charge in [0.05, 0.1) is 30.0 Å². The van der Waals surface area contributed by atoms with Crippen LogP contribution in [0, 0.1) is 18.3 Å². The third-order valence-corrected chi connectivity index (χ3v) is 7.53. The van der Waals surface area contributed by atoms with Crippen LogP contribution in [-0.2, 0) is 14.2 Å². The molecule has 3 heterocycles. The van der Waals surface area contributed by atoms with Gasteiger partial charge in [-0.1, -0.05) is 18.2 Å². The zero-order valence-corrected chi connectivity index (χ0v) is 22.9. The van der Waals surface area contributed by atoms with Crippen molar-refractivity contribution in [2.24, 2.45) is 0 Å². The second-order valence-electron chi connectivity index (χ2n) is 7.95. The fraction of sp³-hybridized carbons (Fsp3) is 0.222. The van der Waals surface area contributed by atoms with Crippen LogP contribution in [0.3, 0.4) is 0 Å². The van der Waals surface area contributed by atoms with E-state index in [2.05, 4.69) is 16.4 Å². The van der Waals surface area contributed by atoms with Crippen molar-refractivity contribution in [2.75, 3.05) is 32.2 Å². The van der Waals surface area contributed by atoms with Crippen molar-refractivity contribution in [3.8, 4) is 17.3 Å². The van der Waals surface area contributed by atoms with Crippen molar-refractivity contribution in [1.29, 1.82) is 5.26 Å². The van der Waals surface area contributed by atoms with Gasteiger partial charge in [-0.2, -0.15) is 5.26 Å². The lowest BCUT2D eigenvalue weighted by Gasteiger charge is -2.05. The summed E-state index contributed by atoms with van der Waals surface area (Å²) in [6, 6.07) is 10.9. The van der Waals surface area contributed by atoms with E-state index in [0.717, 1.165) is 16.7 Å². The molecule has 0 amide bonds. The molecule has 0 saturated heterocycles. The fourth-order valence-corrected chi connectivity index (χ4v) is 5.43. The molecule has 0 unspecified atom stereocenters. The number of aromatic nitrogens is 1. The van der Waals surface area contributed by atoms with Crippen molar-refractivity contribution in [3.63, 3.8) is 0 Å². The summed E-state index contributed by atoms with van der Waals surface area (Å²) in [5.41, 5.74) is 1.30. The molecule has 4 rings (SSSR count). The molecule has 0 radical (unpaired) electrons. The third kappa shape index (κ3) is 6.06. The summed E-state index contributed by atoms with van der Waals surface area (Å²) in [5.74, 6) is -1.22. The third-order valence-electron chi connectivity index (χ3n) is 5.45. The Morgan fingerprint density at radius 2 is 2.00 bits per heavy atom. The van der Waals surface area contributed by atoms with Gasteiger partial charge >= 0.3 is 17.6 Å². The highest BCUT2D eigenvalue weighted by atomic mass is 32.1. The van der Waals surface area contributed by atoms with Crippen LogP contribution in [0.5, 0.6) is 0 Å². The van der Waals surface area contributed by atoms with Crippen LogP contribution >= 0.6 is 22.7 Å². The summed E-state index contributed by atoms with van der Waals surface area (Å²) >= 11 is 2.18. The summed E-state index contributed by atoms with van der Waals surface area (Å²) in [6.07, 6.45) is 1.39. The van der Waals surface area contributed by atoms with Gasteiger partial charge in [0, 0.05) is 24.1 Å². The molecule has 0 aliphatic heterocycles. The largest absolute Gasteiger partial charge is 0.462 e. The lowest BCUT2D eigenvalue weighted by atomic mass is 10.1. The summed E-state index contributed by atoms with van der Waals surface area (Å²) in [4.78, 5) is 42.5. The number of esters is 2. The van der Waals surface area contributed by atoms with Crippen LogP contribution in [0.25, 0.3) is 27.8 Å². The Hall–Kier alpha value is -4.31. The molecule has 0 aliphatic carbocycles. The van der Waals surface area contributed by atoms with Crippen LogP contribution in [0.1, 0.15) is 37.5 Å². The number of carbonyl (C=O) groups is 2. The highest BCUT2D eigenvalue weighted by Crippen LogP contribution is 2.35. The molecule has 1 aromatic carbocycles. The van der Waals surface area contributed by atoms with Crippen molar-refractivity contribution in [1.82, 2.24) is 4.98 Å². The molecule has 200 valence electrons. The van der Waals surface area contributed by atoms with E-state index in [1.54, 1.807) is 37.4 Å². The van der Waals surface area contributed by atoms with Crippen molar-refractivity contribution in [3.05, 3.63) is 73.3 Å². The second-order valence-corrected chi connectivity index (χ2v) is 9.83. The molecule has 39 heavy (non-hydrogen) atoms. The molecule has 0 aliphatic rings. The number of para-hydroxylation sites is 1. The molecule has 0 atom stereocenters. The minimum Gasteiger partial charge on any atom is -0.462 e. The van der Waals surface area contributed by atoms with Crippen LogP contribution in [0.2, 0.25) is 0 Å². The predicted molar refractivity (Wildman–Crippen MR) is 148 cm³/mol. The Labute approximate surface area is 231 Å². The molecule has 0 bridgehead atoms. The zero-order chi connectivity index (χ0) is 27.9. The number of hydrogen-bond donors (Lipinski definition) is 1. The van der Waals surface area contributed by atoms with Crippen LogP contribution < -0.4 is 10.9 Å². The minimum absolute atomic E-state index is 0.0601. The number of nitrogens with zero attached hydrogens (tertiary/aromatic N) is 2. The van der Waals surface area contributed by atoms with Crippen molar-refractivity contribution < 1.29 is 28.2 Å². The number of thiazole rings is 1. The van der Waals surface area contributed by atoms with E-state index in [1.807, 2.05) is 12.1 Å². The normalized spacial score (nSPS) is 11.3. The van der Waals surface area contributed by atoms with E-state index in [-0.39, 0.29) is 41.4 Å². The van der Waals surface area contributed by atoms with Crippen molar-refractivity contribution >= 4 is 56.2 Å². The van der Waals surface area contributed by atoms with E-state index in [0.29, 0.717) is 26.8 Å². The molecule has 4 aromatic rings. The first kappa shape index (κ1) is 27.7. The summed E-state index contributed by atoms with van der Waals surface area (Å²) in [6.45, 7) is 3.74. The Bertz CT molecular complexity index is 1660. The summed E-state index contributed by atoms with van der Waals surface area (Å²) in [7, 11) is 1.49. The number of allylic oxidation sites excluding steroid dienone is 1. The average molecular weight is 566 g/mol. The molecule has 0 fully saturated rings. The molecular weight excluding hydrogens is 542 g/mol. The highest BCUT2D eigenvalue weighted by Gasteiger charge is 2.26. The molecular formula is C27H23N3O7S2. The topological polar surface area (TPSA) is 141 Å². The van der Waals surface area contributed by atoms with E-state index in [1.165, 1.54) is 24.6 Å². The first-order chi connectivity index (χ1) is 18.9. The maximum absolute atomic E-state index is 12.7. The highest BCUT2D eigenvalue weighted by molar-refractivity contribution is 7.18. The second kappa shape index (κ2) is 12.5. The number of ether oxygens (including phenoxy) is 3. The fourth-order valence-electron chi connectivity index (χ4n) is 3.58. The molecule has 12 heteroatoms. The first-order valence-corrected chi connectivity index (χ1v) is 13.4. The lowest BCUT2D eigenvalue weighted by Crippen LogP contribution is -2.11. The number of fused-ring (bicyclic) bond motifs is 1. The smallest absolute Gasteiger partial charge is 0.348 e. The Morgan fingerprint density at radius 3 is 2.74 bits per heavy atom. The molecule has 0 spiro atoms. The van der Waals surface area contributed by atoms with E-state index in [9.17, 15) is 19.6 Å². The summed E-state index contributed by atoms with van der Waals surface area (Å²) < 4.78 is 20.7. The van der Waals surface area contributed by atoms with E-state index < -0.39 is 17.6 Å². The van der Waals surface area contributed by atoms with Crippen LogP contribution in [0.15, 0.2) is 51.1 Å². The maximum atomic E-state index is 12.7. The number of methoxy groups -OCH3 is 1. The average Bonchev–Trinajstić information content (AvgIpc) is 3.54. The van der Waals surface area contributed by atoms with Gasteiger partial charge in [-0.15, -0.1) is 22.7 Å². The Kier molecular flexibility index (Phi) is 8.88. The van der Waals surface area contributed by atoms with Gasteiger partial charge in [0.25, 0.3) is 0 Å². The summed E-state index contributed by atoms with van der Waals surface area (Å²) in [5, 5.41) is 15.8. The molecule has 10 nitrogen and oxygen atoms in total. The van der Waals surface area contributed by atoms with Gasteiger partial charge in [0.2, 0.25) is 0 Å². The van der Waals surface area contributed by atoms with Crippen LogP contribution in [-0.4, -0.2) is 43.9 Å².